The molecule has 2 aromatic carbocycles. The number of benzene rings is 2. The maximum absolute atomic E-state index is 12.7. The van der Waals surface area contributed by atoms with Gasteiger partial charge in [0.15, 0.2) is 33.7 Å². The molecule has 0 aliphatic heterocycles. The molecule has 142 valence electrons. The summed E-state index contributed by atoms with van der Waals surface area (Å²) in [5.41, 5.74) is 1.05. The van der Waals surface area contributed by atoms with E-state index < -0.39 is 11.2 Å². The summed E-state index contributed by atoms with van der Waals surface area (Å²) in [6, 6.07) is 9.28. The largest absolute Gasteiger partial charge is 0.607 e. The smallest absolute Gasteiger partial charge is 0.168 e. The third-order valence-corrected chi connectivity index (χ3v) is 4.77. The SMILES string of the molecule is COc1ccc(C=C[S+]([O-])/C(=C/C(C)=O)c2ccc(OC)c(O)c2)cc1O. The molecule has 0 radical (unpaired) electrons. The second-order valence-corrected chi connectivity index (χ2v) is 6.84. The molecule has 0 aromatic heterocycles. The van der Waals surface area contributed by atoms with Crippen LogP contribution in [0.25, 0.3) is 11.0 Å². The molecular formula is C20H20O6S. The summed E-state index contributed by atoms with van der Waals surface area (Å²) in [5, 5.41) is 21.2. The number of ether oxygens (including phenoxy) is 2. The highest BCUT2D eigenvalue weighted by Gasteiger charge is 2.18. The van der Waals surface area contributed by atoms with Gasteiger partial charge in [0.25, 0.3) is 0 Å². The van der Waals surface area contributed by atoms with Crippen molar-refractivity contribution in [3.63, 3.8) is 0 Å². The van der Waals surface area contributed by atoms with Gasteiger partial charge < -0.3 is 24.2 Å². The molecular weight excluding hydrogens is 368 g/mol. The van der Waals surface area contributed by atoms with E-state index in [1.165, 1.54) is 50.8 Å². The van der Waals surface area contributed by atoms with Gasteiger partial charge in [0.2, 0.25) is 0 Å². The molecule has 1 unspecified atom stereocenters. The first-order chi connectivity index (χ1) is 12.8. The molecule has 0 bridgehead atoms. The number of aromatic hydroxyl groups is 2. The third kappa shape index (κ3) is 5.29. The van der Waals surface area contributed by atoms with Crippen molar-refractivity contribution in [2.75, 3.05) is 14.2 Å². The zero-order chi connectivity index (χ0) is 20.0. The lowest BCUT2D eigenvalue weighted by molar-refractivity contribution is -0.112. The molecule has 0 heterocycles. The van der Waals surface area contributed by atoms with Crippen LogP contribution in [0, 0.1) is 0 Å². The van der Waals surface area contributed by atoms with Crippen molar-refractivity contribution in [3.8, 4) is 23.0 Å². The first-order valence-corrected chi connectivity index (χ1v) is 9.12. The summed E-state index contributed by atoms with van der Waals surface area (Å²) < 4.78 is 22.7. The van der Waals surface area contributed by atoms with Crippen LogP contribution in [0.1, 0.15) is 18.1 Å². The van der Waals surface area contributed by atoms with Crippen molar-refractivity contribution >= 4 is 27.9 Å². The maximum atomic E-state index is 12.7. The lowest BCUT2D eigenvalue weighted by Crippen LogP contribution is -2.02. The summed E-state index contributed by atoms with van der Waals surface area (Å²) in [6.45, 7) is 1.35. The molecule has 2 rings (SSSR count). The topological polar surface area (TPSA) is 99.1 Å². The number of rotatable bonds is 7. The van der Waals surface area contributed by atoms with E-state index in [4.69, 9.17) is 9.47 Å². The van der Waals surface area contributed by atoms with Gasteiger partial charge in [0.1, 0.15) is 5.41 Å². The Labute approximate surface area is 160 Å². The summed E-state index contributed by atoms with van der Waals surface area (Å²) >= 11 is -1.67. The molecule has 0 spiro atoms. The monoisotopic (exact) mass is 388 g/mol. The van der Waals surface area contributed by atoms with E-state index in [9.17, 15) is 19.6 Å². The molecule has 6 nitrogen and oxygen atoms in total. The van der Waals surface area contributed by atoms with Crippen LogP contribution in [-0.4, -0.2) is 34.8 Å². The average molecular weight is 388 g/mol. The van der Waals surface area contributed by atoms with E-state index in [1.807, 2.05) is 0 Å². The fourth-order valence-corrected chi connectivity index (χ4v) is 3.38. The minimum Gasteiger partial charge on any atom is -0.607 e. The zero-order valence-electron chi connectivity index (χ0n) is 15.1. The molecule has 0 aliphatic carbocycles. The molecule has 7 heteroatoms. The number of hydrogen-bond donors (Lipinski definition) is 2. The quantitative estimate of drug-likeness (QED) is 0.557. The fourth-order valence-electron chi connectivity index (χ4n) is 2.31. The van der Waals surface area contributed by atoms with Gasteiger partial charge in [-0.25, -0.2) is 0 Å². The van der Waals surface area contributed by atoms with E-state index in [1.54, 1.807) is 24.3 Å². The number of phenols is 2. The van der Waals surface area contributed by atoms with Crippen LogP contribution in [-0.2, 0) is 16.0 Å². The Hall–Kier alpha value is -2.90. The summed E-state index contributed by atoms with van der Waals surface area (Å²) in [6.07, 6.45) is 2.82. The maximum Gasteiger partial charge on any atom is 0.168 e. The Morgan fingerprint density at radius 3 is 2.15 bits per heavy atom. The van der Waals surface area contributed by atoms with Crippen LogP contribution in [0.5, 0.6) is 23.0 Å². The van der Waals surface area contributed by atoms with Crippen molar-refractivity contribution < 1.29 is 29.0 Å². The van der Waals surface area contributed by atoms with Crippen LogP contribution < -0.4 is 9.47 Å². The Morgan fingerprint density at radius 1 is 1.04 bits per heavy atom. The summed E-state index contributed by atoms with van der Waals surface area (Å²) in [7, 11) is 2.87. The van der Waals surface area contributed by atoms with Gasteiger partial charge in [-0.15, -0.1) is 0 Å². The van der Waals surface area contributed by atoms with E-state index >= 15 is 0 Å². The van der Waals surface area contributed by atoms with Crippen LogP contribution in [0.2, 0.25) is 0 Å². The molecule has 0 fully saturated rings. The van der Waals surface area contributed by atoms with Crippen molar-refractivity contribution in [1.29, 1.82) is 0 Å². The predicted octanol–water partition coefficient (Wildman–Crippen LogP) is 3.46. The zero-order valence-corrected chi connectivity index (χ0v) is 15.9. The Morgan fingerprint density at radius 2 is 1.63 bits per heavy atom. The predicted molar refractivity (Wildman–Crippen MR) is 105 cm³/mol. The van der Waals surface area contributed by atoms with E-state index in [2.05, 4.69) is 0 Å². The van der Waals surface area contributed by atoms with Gasteiger partial charge >= 0.3 is 0 Å². The number of carbonyl (C=O) groups is 1. The van der Waals surface area contributed by atoms with Gasteiger partial charge in [-0.05, 0) is 48.9 Å². The van der Waals surface area contributed by atoms with Gasteiger partial charge in [-0.3, -0.25) is 4.79 Å². The lowest BCUT2D eigenvalue weighted by Gasteiger charge is -2.11. The normalized spacial score (nSPS) is 12.8. The standard InChI is InChI=1S/C20H20O6S/c1-13(21)10-20(15-5-7-19(26-3)17(23)12-15)27(24)9-8-14-4-6-18(25-2)16(22)11-14/h4-12,22-23H,1-3H3/b9-8?,20-10+. The summed E-state index contributed by atoms with van der Waals surface area (Å²) in [4.78, 5) is 11.8. The van der Waals surface area contributed by atoms with Crippen LogP contribution >= 0.6 is 0 Å². The van der Waals surface area contributed by atoms with Crippen LogP contribution in [0.3, 0.4) is 0 Å². The average Bonchev–Trinajstić information content (AvgIpc) is 2.64. The number of phenolic OH excluding ortho intramolecular Hbond substituents is 2. The van der Waals surface area contributed by atoms with Gasteiger partial charge in [-0.2, -0.15) is 0 Å². The number of hydrogen-bond acceptors (Lipinski definition) is 6. The Kier molecular flexibility index (Phi) is 6.92. The second-order valence-electron chi connectivity index (χ2n) is 5.54. The first-order valence-electron chi connectivity index (χ1n) is 7.91. The van der Waals surface area contributed by atoms with E-state index in [-0.39, 0.29) is 27.9 Å². The molecule has 27 heavy (non-hydrogen) atoms. The second kappa shape index (κ2) is 9.16. The van der Waals surface area contributed by atoms with Crippen molar-refractivity contribution in [2.24, 2.45) is 0 Å². The molecule has 2 aromatic rings. The van der Waals surface area contributed by atoms with Crippen molar-refractivity contribution in [1.82, 2.24) is 0 Å². The highest BCUT2D eigenvalue weighted by atomic mass is 32.2. The minimum atomic E-state index is -1.67. The number of methoxy groups -OCH3 is 2. The van der Waals surface area contributed by atoms with Crippen LogP contribution in [0.15, 0.2) is 47.9 Å². The molecule has 1 atom stereocenters. The fraction of sp³-hybridized carbons (Fsp3) is 0.150. The lowest BCUT2D eigenvalue weighted by atomic mass is 10.1. The van der Waals surface area contributed by atoms with Crippen molar-refractivity contribution in [2.45, 2.75) is 6.92 Å². The third-order valence-electron chi connectivity index (χ3n) is 3.60. The minimum absolute atomic E-state index is 0.0370. The van der Waals surface area contributed by atoms with Crippen molar-refractivity contribution in [3.05, 3.63) is 59.0 Å². The Bertz CT molecular complexity index is 888. The highest BCUT2D eigenvalue weighted by molar-refractivity contribution is 8.03. The number of allylic oxidation sites excluding steroid dienone is 1. The molecule has 2 N–H and O–H groups in total. The van der Waals surface area contributed by atoms with Gasteiger partial charge in [-0.1, -0.05) is 6.07 Å². The van der Waals surface area contributed by atoms with Crippen LogP contribution in [0.4, 0.5) is 0 Å². The molecule has 0 amide bonds. The van der Waals surface area contributed by atoms with Gasteiger partial charge in [0, 0.05) is 22.8 Å². The van der Waals surface area contributed by atoms with E-state index in [0.717, 1.165) is 0 Å². The van der Waals surface area contributed by atoms with E-state index in [0.29, 0.717) is 16.9 Å². The molecule has 0 aliphatic rings. The van der Waals surface area contributed by atoms with Gasteiger partial charge in [0.05, 0.1) is 14.2 Å². The number of ketones is 1. The summed E-state index contributed by atoms with van der Waals surface area (Å²) in [5.74, 6) is 0.176. The molecule has 0 saturated heterocycles. The Balaban J connectivity index is 2.33. The molecule has 0 saturated carbocycles. The first kappa shape index (κ1) is 20.4. The highest BCUT2D eigenvalue weighted by Crippen LogP contribution is 2.32. The number of carbonyl (C=O) groups excluding carboxylic acids is 1.